The summed E-state index contributed by atoms with van der Waals surface area (Å²) in [6, 6.07) is 13.9. The molecule has 0 radical (unpaired) electrons. The van der Waals surface area contributed by atoms with E-state index in [2.05, 4.69) is 12.1 Å². The molecule has 4 rings (SSSR count). The van der Waals surface area contributed by atoms with Crippen LogP contribution in [0.4, 0.5) is 0 Å². The first-order valence-corrected chi connectivity index (χ1v) is 7.25. The van der Waals surface area contributed by atoms with Crippen LogP contribution in [0.3, 0.4) is 0 Å². The molecule has 0 atom stereocenters. The molecule has 3 aromatic rings. The smallest absolute Gasteiger partial charge is 0.0998 e. The Labute approximate surface area is 134 Å². The average molecular weight is 298 g/mol. The van der Waals surface area contributed by atoms with Crippen molar-refractivity contribution in [2.45, 2.75) is 20.8 Å². The molecule has 0 aliphatic heterocycles. The van der Waals surface area contributed by atoms with Gasteiger partial charge in [0.1, 0.15) is 0 Å². The van der Waals surface area contributed by atoms with Gasteiger partial charge in [0.2, 0.25) is 0 Å². The lowest BCUT2D eigenvalue weighted by Gasteiger charge is -2.04. The lowest BCUT2D eigenvalue weighted by Crippen LogP contribution is -1.95. The van der Waals surface area contributed by atoms with E-state index in [4.69, 9.17) is 15.2 Å². The fraction of sp³-hybridized carbons (Fsp3) is 0.158. The van der Waals surface area contributed by atoms with Gasteiger partial charge in [0.25, 0.3) is 0 Å². The van der Waals surface area contributed by atoms with Crippen molar-refractivity contribution >= 4 is 10.8 Å². The van der Waals surface area contributed by atoms with Crippen LogP contribution >= 0.6 is 0 Å². The van der Waals surface area contributed by atoms with Gasteiger partial charge in [-0.1, -0.05) is 24.3 Å². The summed E-state index contributed by atoms with van der Waals surface area (Å²) in [6.07, 6.45) is 0. The number of nitrogens with zero attached hydrogens (tertiary/aromatic N) is 4. The molecule has 1 aromatic heterocycles. The van der Waals surface area contributed by atoms with Crippen LogP contribution in [-0.4, -0.2) is 9.97 Å². The molecule has 0 amide bonds. The number of fused-ring (bicyclic) bond motifs is 3. The van der Waals surface area contributed by atoms with E-state index < -0.39 is 0 Å². The van der Waals surface area contributed by atoms with Crippen molar-refractivity contribution < 1.29 is 0 Å². The summed E-state index contributed by atoms with van der Waals surface area (Å²) in [5.74, 6) is 0. The van der Waals surface area contributed by atoms with Crippen LogP contribution in [0.2, 0.25) is 0 Å². The molecule has 0 spiro atoms. The van der Waals surface area contributed by atoms with Crippen LogP contribution in [0.25, 0.3) is 33.3 Å². The molecule has 4 nitrogen and oxygen atoms in total. The van der Waals surface area contributed by atoms with Gasteiger partial charge < -0.3 is 0 Å². The van der Waals surface area contributed by atoms with E-state index in [0.717, 1.165) is 44.7 Å². The standard InChI is InChI=1S/C17H11N3.C2H3N/c1-9-10(2)20-17-14-7-6-11(8-18)12-4-3-5-13(15(12)14)16(17)19-9;1-2-3/h3-7H,1-2H3;1H3. The Morgan fingerprint density at radius 3 is 2.00 bits per heavy atom. The molecule has 0 N–H and O–H groups in total. The normalized spacial score (nSPS) is 10.3. The van der Waals surface area contributed by atoms with Crippen molar-refractivity contribution in [2.24, 2.45) is 0 Å². The van der Waals surface area contributed by atoms with E-state index in [1.165, 1.54) is 6.92 Å². The van der Waals surface area contributed by atoms with Crippen LogP contribution in [-0.2, 0) is 0 Å². The molecule has 4 heteroatoms. The minimum Gasteiger partial charge on any atom is -0.249 e. The highest BCUT2D eigenvalue weighted by Gasteiger charge is 2.25. The van der Waals surface area contributed by atoms with E-state index in [1.54, 1.807) is 6.07 Å². The molecule has 1 heterocycles. The summed E-state index contributed by atoms with van der Waals surface area (Å²) >= 11 is 0. The third-order valence-corrected chi connectivity index (χ3v) is 3.98. The van der Waals surface area contributed by atoms with E-state index in [1.807, 2.05) is 38.1 Å². The summed E-state index contributed by atoms with van der Waals surface area (Å²) in [7, 11) is 0. The summed E-state index contributed by atoms with van der Waals surface area (Å²) in [6.45, 7) is 5.39. The Morgan fingerprint density at radius 1 is 0.870 bits per heavy atom. The second-order valence-electron chi connectivity index (χ2n) is 5.32. The number of aryl methyl sites for hydroxylation is 2. The number of hydrogen-bond donors (Lipinski definition) is 0. The van der Waals surface area contributed by atoms with E-state index in [9.17, 15) is 5.26 Å². The molecule has 1 aliphatic carbocycles. The van der Waals surface area contributed by atoms with Gasteiger partial charge in [-0.25, -0.2) is 9.97 Å². The van der Waals surface area contributed by atoms with Crippen molar-refractivity contribution in [3.63, 3.8) is 0 Å². The summed E-state index contributed by atoms with van der Waals surface area (Å²) in [5, 5.41) is 18.7. The minimum absolute atomic E-state index is 0.701. The van der Waals surface area contributed by atoms with Crippen molar-refractivity contribution in [1.82, 2.24) is 9.97 Å². The highest BCUT2D eigenvalue weighted by atomic mass is 14.9. The van der Waals surface area contributed by atoms with Crippen LogP contribution < -0.4 is 0 Å². The number of rotatable bonds is 0. The highest BCUT2D eigenvalue weighted by Crippen LogP contribution is 2.45. The van der Waals surface area contributed by atoms with E-state index in [0.29, 0.717) is 5.56 Å². The van der Waals surface area contributed by atoms with Gasteiger partial charge >= 0.3 is 0 Å². The molecule has 2 aromatic carbocycles. The zero-order valence-electron chi connectivity index (χ0n) is 13.2. The zero-order chi connectivity index (χ0) is 16.6. The van der Waals surface area contributed by atoms with Gasteiger partial charge in [0.05, 0.1) is 40.5 Å². The molecule has 0 bridgehead atoms. The number of nitriles is 2. The molecule has 110 valence electrons. The van der Waals surface area contributed by atoms with Gasteiger partial charge in [-0.15, -0.1) is 0 Å². The van der Waals surface area contributed by atoms with Crippen molar-refractivity contribution in [1.29, 1.82) is 10.5 Å². The van der Waals surface area contributed by atoms with Gasteiger partial charge in [-0.2, -0.15) is 10.5 Å². The number of benzene rings is 2. The monoisotopic (exact) mass is 298 g/mol. The second kappa shape index (κ2) is 5.51. The Hall–Kier alpha value is -3.24. The Balaban J connectivity index is 0.000000485. The van der Waals surface area contributed by atoms with Crippen molar-refractivity contribution in [2.75, 3.05) is 0 Å². The first kappa shape index (κ1) is 14.7. The highest BCUT2D eigenvalue weighted by molar-refractivity contribution is 6.14. The lowest BCUT2D eigenvalue weighted by molar-refractivity contribution is 1.06. The lowest BCUT2D eigenvalue weighted by atomic mass is 10.00. The quantitative estimate of drug-likeness (QED) is 0.485. The second-order valence-corrected chi connectivity index (χ2v) is 5.32. The van der Waals surface area contributed by atoms with Crippen LogP contribution in [0, 0.1) is 36.5 Å². The zero-order valence-corrected chi connectivity index (χ0v) is 13.2. The summed E-state index contributed by atoms with van der Waals surface area (Å²) in [5.41, 5.74) is 6.64. The van der Waals surface area contributed by atoms with Crippen LogP contribution in [0.5, 0.6) is 0 Å². The predicted molar refractivity (Wildman–Crippen MR) is 89.4 cm³/mol. The van der Waals surface area contributed by atoms with Crippen LogP contribution in [0.1, 0.15) is 23.9 Å². The Kier molecular flexibility index (Phi) is 3.52. The number of hydrogen-bond acceptors (Lipinski definition) is 4. The molecule has 0 saturated carbocycles. The van der Waals surface area contributed by atoms with Gasteiger partial charge in [-0.05, 0) is 19.9 Å². The molecular weight excluding hydrogens is 284 g/mol. The van der Waals surface area contributed by atoms with E-state index >= 15 is 0 Å². The molecule has 1 aliphatic rings. The van der Waals surface area contributed by atoms with E-state index in [-0.39, 0.29) is 0 Å². The fourth-order valence-electron chi connectivity index (χ4n) is 2.88. The molecular formula is C19H14N4. The van der Waals surface area contributed by atoms with Crippen molar-refractivity contribution in [3.05, 3.63) is 47.3 Å². The Bertz CT molecular complexity index is 985. The molecule has 0 fully saturated rings. The SMILES string of the molecule is CC#N.Cc1nc2c(nc1C)-c1ccc(C#N)c3cccc-2c13. The maximum Gasteiger partial charge on any atom is 0.0998 e. The van der Waals surface area contributed by atoms with Gasteiger partial charge in [-0.3, -0.25) is 0 Å². The summed E-state index contributed by atoms with van der Waals surface area (Å²) < 4.78 is 0. The van der Waals surface area contributed by atoms with Gasteiger partial charge in [0.15, 0.2) is 0 Å². The molecule has 0 unspecified atom stereocenters. The third-order valence-electron chi connectivity index (χ3n) is 3.98. The maximum atomic E-state index is 9.26. The Morgan fingerprint density at radius 2 is 1.43 bits per heavy atom. The first-order valence-electron chi connectivity index (χ1n) is 7.25. The predicted octanol–water partition coefficient (Wildman–Crippen LogP) is 4.30. The topological polar surface area (TPSA) is 73.4 Å². The maximum absolute atomic E-state index is 9.26. The average Bonchev–Trinajstić information content (AvgIpc) is 2.85. The minimum atomic E-state index is 0.701. The van der Waals surface area contributed by atoms with Crippen molar-refractivity contribution in [3.8, 4) is 34.7 Å². The summed E-state index contributed by atoms with van der Waals surface area (Å²) in [4.78, 5) is 9.41. The largest absolute Gasteiger partial charge is 0.249 e. The number of aromatic nitrogens is 2. The fourth-order valence-corrected chi connectivity index (χ4v) is 2.88. The van der Waals surface area contributed by atoms with Crippen LogP contribution in [0.15, 0.2) is 30.3 Å². The van der Waals surface area contributed by atoms with Gasteiger partial charge in [0, 0.05) is 28.8 Å². The third kappa shape index (κ3) is 2.13. The molecule has 23 heavy (non-hydrogen) atoms. The first-order chi connectivity index (χ1) is 11.1. The molecule has 0 saturated heterocycles.